The van der Waals surface area contributed by atoms with Crippen LogP contribution in [-0.4, -0.2) is 53.7 Å². The van der Waals surface area contributed by atoms with E-state index in [9.17, 15) is 4.79 Å². The molecular formula is C22H35N3O2. The molecule has 0 atom stereocenters. The number of nitrogens with zero attached hydrogens (tertiary/aromatic N) is 3. The van der Waals surface area contributed by atoms with Crippen LogP contribution in [0.25, 0.3) is 0 Å². The summed E-state index contributed by atoms with van der Waals surface area (Å²) in [5.41, 5.74) is 3.39. The highest BCUT2D eigenvalue weighted by molar-refractivity contribution is 5.71. The molecule has 0 spiro atoms. The van der Waals surface area contributed by atoms with Gasteiger partial charge in [0, 0.05) is 31.4 Å². The average molecular weight is 374 g/mol. The zero-order valence-electron chi connectivity index (χ0n) is 17.6. The van der Waals surface area contributed by atoms with Crippen LogP contribution >= 0.6 is 0 Å². The molecule has 0 unspecified atom stereocenters. The van der Waals surface area contributed by atoms with E-state index in [0.29, 0.717) is 19.1 Å². The number of hydrogen-bond donors (Lipinski definition) is 0. The molecule has 2 heterocycles. The van der Waals surface area contributed by atoms with Crippen molar-refractivity contribution < 1.29 is 9.53 Å². The number of fused-ring (bicyclic) bond motifs is 1. The standard InChI is InChI=1S/C22H35N3O2/c1-6-23(7-2)18-11-13-24(14-12-18)20-10-8-9-17-15-25(16-19(17)20)21(26)27-22(3,4)5/h8-10,18H,6-7,11-16H2,1-5H3. The fourth-order valence-corrected chi connectivity index (χ4v) is 4.37. The molecule has 1 amide bonds. The number of benzene rings is 1. The number of carbonyl (C=O) groups excluding carboxylic acids is 1. The third-order valence-electron chi connectivity index (χ3n) is 5.74. The van der Waals surface area contributed by atoms with Crippen LogP contribution in [0.1, 0.15) is 58.6 Å². The lowest BCUT2D eigenvalue weighted by Gasteiger charge is -2.39. The summed E-state index contributed by atoms with van der Waals surface area (Å²) in [6, 6.07) is 7.19. The number of anilines is 1. The molecule has 0 N–H and O–H groups in total. The van der Waals surface area contributed by atoms with Crippen molar-refractivity contribution in [3.8, 4) is 0 Å². The molecule has 27 heavy (non-hydrogen) atoms. The van der Waals surface area contributed by atoms with Crippen LogP contribution in [0.15, 0.2) is 18.2 Å². The predicted octanol–water partition coefficient (Wildman–Crippen LogP) is 4.25. The zero-order chi connectivity index (χ0) is 19.6. The molecule has 0 aliphatic carbocycles. The maximum absolute atomic E-state index is 12.5. The second-order valence-electron chi connectivity index (χ2n) is 8.69. The molecule has 1 aromatic carbocycles. The molecule has 2 aliphatic rings. The van der Waals surface area contributed by atoms with Crippen molar-refractivity contribution in [1.82, 2.24) is 9.80 Å². The Hall–Kier alpha value is -1.75. The molecule has 0 saturated carbocycles. The van der Waals surface area contributed by atoms with E-state index in [-0.39, 0.29) is 6.09 Å². The third-order valence-corrected chi connectivity index (χ3v) is 5.74. The minimum Gasteiger partial charge on any atom is -0.444 e. The Bertz CT molecular complexity index is 656. The van der Waals surface area contributed by atoms with Crippen molar-refractivity contribution in [1.29, 1.82) is 0 Å². The third kappa shape index (κ3) is 4.57. The molecule has 150 valence electrons. The minimum absolute atomic E-state index is 0.218. The molecule has 1 saturated heterocycles. The predicted molar refractivity (Wildman–Crippen MR) is 110 cm³/mol. The lowest BCUT2D eigenvalue weighted by Crippen LogP contribution is -2.45. The smallest absolute Gasteiger partial charge is 0.410 e. The first-order valence-corrected chi connectivity index (χ1v) is 10.4. The molecule has 1 aromatic rings. The highest BCUT2D eigenvalue weighted by atomic mass is 16.6. The van der Waals surface area contributed by atoms with Gasteiger partial charge in [-0.1, -0.05) is 26.0 Å². The van der Waals surface area contributed by atoms with Crippen LogP contribution in [0.5, 0.6) is 0 Å². The van der Waals surface area contributed by atoms with Gasteiger partial charge in [0.05, 0.1) is 6.54 Å². The zero-order valence-corrected chi connectivity index (χ0v) is 17.6. The molecule has 5 heteroatoms. The lowest BCUT2D eigenvalue weighted by molar-refractivity contribution is 0.0242. The van der Waals surface area contributed by atoms with Crippen LogP contribution in [0.4, 0.5) is 10.5 Å². The van der Waals surface area contributed by atoms with Gasteiger partial charge in [-0.25, -0.2) is 4.79 Å². The van der Waals surface area contributed by atoms with E-state index in [1.165, 1.54) is 29.7 Å². The first kappa shape index (κ1) is 20.0. The van der Waals surface area contributed by atoms with Gasteiger partial charge in [-0.3, -0.25) is 4.90 Å². The molecule has 2 aliphatic heterocycles. The van der Waals surface area contributed by atoms with Crippen molar-refractivity contribution in [2.45, 2.75) is 72.2 Å². The minimum atomic E-state index is -0.457. The van der Waals surface area contributed by atoms with Gasteiger partial charge in [0.25, 0.3) is 0 Å². The summed E-state index contributed by atoms with van der Waals surface area (Å²) < 4.78 is 5.57. The molecule has 1 fully saturated rings. The summed E-state index contributed by atoms with van der Waals surface area (Å²) in [4.78, 5) is 19.4. The Morgan fingerprint density at radius 2 is 1.81 bits per heavy atom. The Balaban J connectivity index is 1.68. The average Bonchev–Trinajstić information content (AvgIpc) is 3.06. The van der Waals surface area contributed by atoms with Gasteiger partial charge in [0.15, 0.2) is 0 Å². The van der Waals surface area contributed by atoms with Gasteiger partial charge < -0.3 is 14.5 Å². The summed E-state index contributed by atoms with van der Waals surface area (Å²) in [6.07, 6.45) is 2.20. The fraction of sp³-hybridized carbons (Fsp3) is 0.682. The molecule has 0 radical (unpaired) electrons. The van der Waals surface area contributed by atoms with Gasteiger partial charge in [-0.2, -0.15) is 0 Å². The van der Waals surface area contributed by atoms with Gasteiger partial charge >= 0.3 is 6.09 Å². The van der Waals surface area contributed by atoms with Gasteiger partial charge in [-0.05, 0) is 63.9 Å². The van der Waals surface area contributed by atoms with Crippen LogP contribution in [0, 0.1) is 0 Å². The first-order chi connectivity index (χ1) is 12.8. The maximum atomic E-state index is 12.5. The number of piperidine rings is 1. The van der Waals surface area contributed by atoms with E-state index in [2.05, 4.69) is 41.8 Å². The quantitative estimate of drug-likeness (QED) is 0.791. The lowest BCUT2D eigenvalue weighted by atomic mass is 10.0. The van der Waals surface area contributed by atoms with Crippen molar-refractivity contribution >= 4 is 11.8 Å². The second-order valence-corrected chi connectivity index (χ2v) is 8.69. The van der Waals surface area contributed by atoms with E-state index in [0.717, 1.165) is 26.2 Å². The van der Waals surface area contributed by atoms with E-state index in [4.69, 9.17) is 4.74 Å². The topological polar surface area (TPSA) is 36.0 Å². The molecule has 3 rings (SSSR count). The number of carbonyl (C=O) groups is 1. The number of amides is 1. The Kier molecular flexibility index (Phi) is 5.99. The van der Waals surface area contributed by atoms with Crippen molar-refractivity contribution in [2.75, 3.05) is 31.1 Å². The van der Waals surface area contributed by atoms with E-state index in [1.807, 2.05) is 25.7 Å². The van der Waals surface area contributed by atoms with Crippen molar-refractivity contribution in [2.24, 2.45) is 0 Å². The SMILES string of the molecule is CCN(CC)C1CCN(c2cccc3c2CN(C(=O)OC(C)(C)C)C3)CC1. The normalized spacial score (nSPS) is 18.1. The highest BCUT2D eigenvalue weighted by Gasteiger charge is 2.31. The van der Waals surface area contributed by atoms with Crippen molar-refractivity contribution in [3.63, 3.8) is 0 Å². The molecule has 5 nitrogen and oxygen atoms in total. The van der Waals surface area contributed by atoms with Gasteiger partial charge in [-0.15, -0.1) is 0 Å². The van der Waals surface area contributed by atoms with Crippen LogP contribution < -0.4 is 4.90 Å². The first-order valence-electron chi connectivity index (χ1n) is 10.4. The largest absolute Gasteiger partial charge is 0.444 e. The van der Waals surface area contributed by atoms with Crippen LogP contribution in [0.2, 0.25) is 0 Å². The summed E-state index contributed by atoms with van der Waals surface area (Å²) in [6.45, 7) is 16.0. The molecule has 0 aromatic heterocycles. The van der Waals surface area contributed by atoms with Crippen LogP contribution in [-0.2, 0) is 17.8 Å². The Morgan fingerprint density at radius 1 is 1.15 bits per heavy atom. The summed E-state index contributed by atoms with van der Waals surface area (Å²) in [5, 5.41) is 0. The summed E-state index contributed by atoms with van der Waals surface area (Å²) in [7, 11) is 0. The van der Waals surface area contributed by atoms with Crippen molar-refractivity contribution in [3.05, 3.63) is 29.3 Å². The number of ether oxygens (including phenoxy) is 1. The Morgan fingerprint density at radius 3 is 2.41 bits per heavy atom. The van der Waals surface area contributed by atoms with E-state index in [1.54, 1.807) is 0 Å². The summed E-state index contributed by atoms with van der Waals surface area (Å²) in [5.74, 6) is 0. The molecule has 0 bridgehead atoms. The van der Waals surface area contributed by atoms with E-state index < -0.39 is 5.60 Å². The monoisotopic (exact) mass is 373 g/mol. The van der Waals surface area contributed by atoms with E-state index >= 15 is 0 Å². The summed E-state index contributed by atoms with van der Waals surface area (Å²) >= 11 is 0. The van der Waals surface area contributed by atoms with Gasteiger partial charge in [0.2, 0.25) is 0 Å². The maximum Gasteiger partial charge on any atom is 0.410 e. The van der Waals surface area contributed by atoms with Gasteiger partial charge in [0.1, 0.15) is 5.60 Å². The second kappa shape index (κ2) is 8.09. The highest BCUT2D eigenvalue weighted by Crippen LogP contribution is 2.34. The fourth-order valence-electron chi connectivity index (χ4n) is 4.37. The number of hydrogen-bond acceptors (Lipinski definition) is 4. The Labute approximate surface area is 164 Å². The van der Waals surface area contributed by atoms with Crippen LogP contribution in [0.3, 0.4) is 0 Å². The molecular weight excluding hydrogens is 338 g/mol. The number of rotatable bonds is 4.